The van der Waals surface area contributed by atoms with Gasteiger partial charge in [0.1, 0.15) is 6.54 Å². The Morgan fingerprint density at radius 3 is 2.03 bits per heavy atom. The molecule has 3 unspecified atom stereocenters. The minimum absolute atomic E-state index is 0.115. The number of likely N-dealkylation sites (N-methyl/N-ethyl adjacent to an activating group) is 1. The van der Waals surface area contributed by atoms with Gasteiger partial charge in [-0.15, -0.1) is 0 Å². The summed E-state index contributed by atoms with van der Waals surface area (Å²) >= 11 is 0. The molecule has 3 N–H and O–H groups in total. The number of aliphatic carboxylic acids is 2. The molecule has 0 aromatic rings. The van der Waals surface area contributed by atoms with Crippen LogP contribution in [-0.4, -0.2) is 95.1 Å². The van der Waals surface area contributed by atoms with Crippen molar-refractivity contribution in [2.24, 2.45) is 4.99 Å². The van der Waals surface area contributed by atoms with Crippen molar-refractivity contribution >= 4 is 17.8 Å². The van der Waals surface area contributed by atoms with Gasteiger partial charge in [-0.25, -0.2) is 19.1 Å². The van der Waals surface area contributed by atoms with Crippen LogP contribution in [0, 0.1) is 0 Å². The van der Waals surface area contributed by atoms with Gasteiger partial charge >= 0.3 is 11.9 Å². The molecule has 0 bridgehead atoms. The van der Waals surface area contributed by atoms with Crippen LogP contribution in [0.4, 0.5) is 0 Å². The van der Waals surface area contributed by atoms with Crippen LogP contribution in [0.3, 0.4) is 0 Å². The average Bonchev–Trinajstić information content (AvgIpc) is 3.00. The molecule has 1 aliphatic rings. The fourth-order valence-corrected chi connectivity index (χ4v) is 3.70. The molecule has 0 aliphatic carbocycles. The number of carboxylic acids is 2. The summed E-state index contributed by atoms with van der Waals surface area (Å²) < 4.78 is 0.597. The van der Waals surface area contributed by atoms with E-state index < -0.39 is 24.2 Å². The first-order valence-electron chi connectivity index (χ1n) is 10.7. The van der Waals surface area contributed by atoms with Crippen LogP contribution < -0.4 is 0 Å². The molecule has 0 saturated carbocycles. The first kappa shape index (κ1) is 27.5. The van der Waals surface area contributed by atoms with Gasteiger partial charge in [0.05, 0.1) is 27.7 Å². The highest BCUT2D eigenvalue weighted by Gasteiger charge is 2.49. The third kappa shape index (κ3) is 9.69. The minimum Gasteiger partial charge on any atom is -0.477 e. The molecule has 1 heterocycles. The molecule has 0 aromatic heterocycles. The molecule has 0 saturated heterocycles. The number of quaternary nitrogens is 2. The second-order valence-corrected chi connectivity index (χ2v) is 8.96. The van der Waals surface area contributed by atoms with E-state index in [-0.39, 0.29) is 11.0 Å². The fourth-order valence-electron chi connectivity index (χ4n) is 3.70. The van der Waals surface area contributed by atoms with Crippen molar-refractivity contribution in [3.63, 3.8) is 0 Å². The lowest BCUT2D eigenvalue weighted by Gasteiger charge is -2.40. The first-order valence-corrected chi connectivity index (χ1v) is 10.7. The minimum atomic E-state index is -0.867. The van der Waals surface area contributed by atoms with Crippen LogP contribution >= 0.6 is 0 Å². The summed E-state index contributed by atoms with van der Waals surface area (Å²) in [4.78, 5) is 25.9. The zero-order valence-corrected chi connectivity index (χ0v) is 19.2. The van der Waals surface area contributed by atoms with Crippen LogP contribution in [0.25, 0.3) is 0 Å². The van der Waals surface area contributed by atoms with Crippen molar-refractivity contribution in [3.05, 3.63) is 0 Å². The zero-order valence-electron chi connectivity index (χ0n) is 19.2. The van der Waals surface area contributed by atoms with E-state index in [0.717, 1.165) is 25.1 Å². The molecular weight excluding hydrogens is 374 g/mol. The summed E-state index contributed by atoms with van der Waals surface area (Å²) in [6, 6.07) is -0.647. The highest BCUT2D eigenvalue weighted by Crippen LogP contribution is 2.27. The molecule has 1 aliphatic heterocycles. The number of hydrogen-bond donors (Lipinski definition) is 3. The van der Waals surface area contributed by atoms with E-state index in [1.165, 1.54) is 25.7 Å². The number of rotatable bonds is 12. The predicted octanol–water partition coefficient (Wildman–Crippen LogP) is 2.55. The Kier molecular flexibility index (Phi) is 12.3. The lowest BCUT2D eigenvalue weighted by Crippen LogP contribution is -2.64. The summed E-state index contributed by atoms with van der Waals surface area (Å²) in [7, 11) is 5.52. The van der Waals surface area contributed by atoms with Crippen LogP contribution in [0.5, 0.6) is 0 Å². The van der Waals surface area contributed by atoms with E-state index in [4.69, 9.17) is 5.11 Å². The van der Waals surface area contributed by atoms with Crippen LogP contribution in [-0.2, 0) is 9.59 Å². The van der Waals surface area contributed by atoms with Crippen molar-refractivity contribution in [2.45, 2.75) is 78.0 Å². The molecular formula is C21H43N3O5+2. The Balaban J connectivity index is 0.000000828. The number of aliphatic hydroxyl groups is 1. The number of unbranched alkanes of at least 4 members (excludes halogenated alkanes) is 5. The zero-order chi connectivity index (χ0) is 22.7. The normalized spacial score (nSPS) is 21.0. The molecule has 8 nitrogen and oxygen atoms in total. The number of aliphatic imine (C=N–C) groups is 1. The predicted molar refractivity (Wildman–Crippen MR) is 115 cm³/mol. The SMILES string of the molecule is CCCCCCCCC1=NCC[N+]1(C(C)O)C(C)C(=O)O.C[N+](C)(C)CC(=O)O. The van der Waals surface area contributed by atoms with Gasteiger partial charge in [0.25, 0.3) is 0 Å². The van der Waals surface area contributed by atoms with Crippen molar-refractivity contribution in [1.29, 1.82) is 0 Å². The third-order valence-electron chi connectivity index (χ3n) is 5.32. The highest BCUT2D eigenvalue weighted by molar-refractivity contribution is 5.81. The Morgan fingerprint density at radius 2 is 1.62 bits per heavy atom. The van der Waals surface area contributed by atoms with E-state index in [1.54, 1.807) is 13.8 Å². The summed E-state index contributed by atoms with van der Waals surface area (Å²) in [5.41, 5.74) is 0. The van der Waals surface area contributed by atoms with E-state index >= 15 is 0 Å². The smallest absolute Gasteiger partial charge is 0.362 e. The quantitative estimate of drug-likeness (QED) is 0.334. The summed E-state index contributed by atoms with van der Waals surface area (Å²) in [6.45, 7) is 6.96. The Morgan fingerprint density at radius 1 is 1.07 bits per heavy atom. The number of nitrogens with zero attached hydrogens (tertiary/aromatic N) is 3. The number of hydrogen-bond acceptors (Lipinski definition) is 4. The van der Waals surface area contributed by atoms with Gasteiger partial charge in [-0.1, -0.05) is 39.0 Å². The van der Waals surface area contributed by atoms with Crippen LogP contribution in [0.2, 0.25) is 0 Å². The standard InChI is InChI=1S/C16H30N2O3.C5H11NO2/c1-4-5-6-7-8-9-10-15-17-11-12-18(15,14(3)19)13(2)16(20)21;1-6(2,3)4-5(7)8/h13-14,19H,4-12H2,1-3H3;4H2,1-3H3/p+2. The number of carboxylic acid groups (broad SMARTS) is 2. The van der Waals surface area contributed by atoms with Crippen molar-refractivity contribution < 1.29 is 33.9 Å². The van der Waals surface area contributed by atoms with E-state index in [2.05, 4.69) is 11.9 Å². The van der Waals surface area contributed by atoms with Crippen molar-refractivity contribution in [3.8, 4) is 0 Å². The molecule has 29 heavy (non-hydrogen) atoms. The van der Waals surface area contributed by atoms with Crippen LogP contribution in [0.15, 0.2) is 4.99 Å². The van der Waals surface area contributed by atoms with Crippen molar-refractivity contribution in [1.82, 2.24) is 0 Å². The van der Waals surface area contributed by atoms with Gasteiger partial charge in [-0.2, -0.15) is 0 Å². The Bertz CT molecular complexity index is 543. The number of amidine groups is 1. The maximum Gasteiger partial charge on any atom is 0.362 e. The molecule has 0 amide bonds. The number of carbonyl (C=O) groups is 2. The molecule has 0 radical (unpaired) electrons. The van der Waals surface area contributed by atoms with Crippen molar-refractivity contribution in [2.75, 3.05) is 40.8 Å². The van der Waals surface area contributed by atoms with Gasteiger partial charge < -0.3 is 19.8 Å². The summed E-state index contributed by atoms with van der Waals surface area (Å²) in [5.74, 6) is -0.749. The second kappa shape index (κ2) is 12.9. The van der Waals surface area contributed by atoms with E-state index in [0.29, 0.717) is 17.6 Å². The topological polar surface area (TPSA) is 107 Å². The van der Waals surface area contributed by atoms with Gasteiger partial charge in [-0.05, 0) is 13.3 Å². The molecule has 0 spiro atoms. The van der Waals surface area contributed by atoms with Gasteiger partial charge in [-0.3, -0.25) is 0 Å². The maximum absolute atomic E-state index is 11.4. The molecule has 1 rings (SSSR count). The molecule has 3 atom stereocenters. The fraction of sp³-hybridized carbons (Fsp3) is 0.857. The average molecular weight is 418 g/mol. The first-order chi connectivity index (χ1) is 13.4. The third-order valence-corrected chi connectivity index (χ3v) is 5.32. The lowest BCUT2D eigenvalue weighted by atomic mass is 10.1. The van der Waals surface area contributed by atoms with E-state index in [1.807, 2.05) is 21.1 Å². The highest BCUT2D eigenvalue weighted by atomic mass is 16.4. The largest absolute Gasteiger partial charge is 0.477 e. The molecule has 8 heteroatoms. The monoisotopic (exact) mass is 417 g/mol. The molecule has 0 fully saturated rings. The van der Waals surface area contributed by atoms with Gasteiger partial charge in [0.15, 0.2) is 18.8 Å². The molecule has 0 aromatic carbocycles. The maximum atomic E-state index is 11.4. The summed E-state index contributed by atoms with van der Waals surface area (Å²) in [6.07, 6.45) is 7.28. The van der Waals surface area contributed by atoms with Gasteiger partial charge in [0.2, 0.25) is 5.84 Å². The Labute approximate surface area is 176 Å². The second-order valence-electron chi connectivity index (χ2n) is 8.96. The lowest BCUT2D eigenvalue weighted by molar-refractivity contribution is -0.897. The molecule has 170 valence electrons. The Hall–Kier alpha value is -1.51. The van der Waals surface area contributed by atoms with Gasteiger partial charge in [0, 0.05) is 13.3 Å². The number of aliphatic hydroxyl groups excluding tert-OH is 1. The van der Waals surface area contributed by atoms with E-state index in [9.17, 15) is 19.8 Å². The summed E-state index contributed by atoms with van der Waals surface area (Å²) in [5, 5.41) is 27.8. The van der Waals surface area contributed by atoms with Crippen LogP contribution in [0.1, 0.15) is 65.7 Å².